The predicted molar refractivity (Wildman–Crippen MR) is 74.9 cm³/mol. The maximum atomic E-state index is 11.9. The number of ketones is 1. The third-order valence-electron chi connectivity index (χ3n) is 2.95. The molecule has 0 aliphatic carbocycles. The smallest absolute Gasteiger partial charge is 0.314 e. The van der Waals surface area contributed by atoms with E-state index in [0.29, 0.717) is 5.69 Å². The fraction of sp³-hybridized carbons (Fsp3) is 0.214. The lowest BCUT2D eigenvalue weighted by Gasteiger charge is -2.07. The molecule has 0 saturated carbocycles. The molecule has 0 aliphatic rings. The summed E-state index contributed by atoms with van der Waals surface area (Å²) in [5, 5.41) is 10.9. The van der Waals surface area contributed by atoms with Crippen molar-refractivity contribution < 1.29 is 19.2 Å². The van der Waals surface area contributed by atoms with Crippen LogP contribution in [0.3, 0.4) is 0 Å². The molecule has 1 aromatic heterocycles. The van der Waals surface area contributed by atoms with Crippen LogP contribution in [0.25, 0.3) is 0 Å². The topological polar surface area (TPSA) is 83.6 Å². The first-order chi connectivity index (χ1) is 10.0. The van der Waals surface area contributed by atoms with Crippen molar-refractivity contribution >= 4 is 11.5 Å². The Morgan fingerprint density at radius 1 is 1.38 bits per heavy atom. The molecular weight excluding hydrogens is 276 g/mol. The van der Waals surface area contributed by atoms with E-state index in [2.05, 4.69) is 0 Å². The molecule has 0 bridgehead atoms. The summed E-state index contributed by atoms with van der Waals surface area (Å²) < 4.78 is 11.9. The van der Waals surface area contributed by atoms with Gasteiger partial charge in [-0.2, -0.15) is 0 Å². The van der Waals surface area contributed by atoms with Crippen LogP contribution in [-0.2, 0) is 7.05 Å². The fourth-order valence-electron chi connectivity index (χ4n) is 1.88. The molecule has 0 saturated heterocycles. The molecule has 110 valence electrons. The minimum Gasteiger partial charge on any atom is -0.490 e. The number of hydrogen-bond donors (Lipinski definition) is 0. The average molecular weight is 290 g/mol. The SMILES string of the molecule is COc1ccc(OCC(=O)c2cccn2C)cc1[N+](=O)[O-]. The molecule has 0 fully saturated rings. The Bertz CT molecular complexity index is 678. The molecule has 0 aliphatic heterocycles. The van der Waals surface area contributed by atoms with E-state index in [1.165, 1.54) is 25.3 Å². The van der Waals surface area contributed by atoms with Crippen molar-refractivity contribution in [1.82, 2.24) is 4.57 Å². The molecule has 2 rings (SSSR count). The first-order valence-electron chi connectivity index (χ1n) is 6.12. The van der Waals surface area contributed by atoms with Crippen LogP contribution in [0, 0.1) is 10.1 Å². The summed E-state index contributed by atoms with van der Waals surface area (Å²) in [7, 11) is 3.10. The maximum absolute atomic E-state index is 11.9. The maximum Gasteiger partial charge on any atom is 0.314 e. The van der Waals surface area contributed by atoms with Gasteiger partial charge in [-0.25, -0.2) is 0 Å². The molecule has 0 unspecified atom stereocenters. The molecule has 7 heteroatoms. The number of nitro benzene ring substituents is 1. The summed E-state index contributed by atoms with van der Waals surface area (Å²) in [4.78, 5) is 22.3. The average Bonchev–Trinajstić information content (AvgIpc) is 2.90. The van der Waals surface area contributed by atoms with E-state index in [1.807, 2.05) is 0 Å². The second-order valence-corrected chi connectivity index (χ2v) is 4.31. The highest BCUT2D eigenvalue weighted by atomic mass is 16.6. The van der Waals surface area contributed by atoms with Gasteiger partial charge in [0.25, 0.3) is 0 Å². The molecule has 0 radical (unpaired) electrons. The first-order valence-corrected chi connectivity index (χ1v) is 6.12. The lowest BCUT2D eigenvalue weighted by atomic mass is 10.2. The zero-order valence-corrected chi connectivity index (χ0v) is 11.6. The van der Waals surface area contributed by atoms with Gasteiger partial charge < -0.3 is 14.0 Å². The summed E-state index contributed by atoms with van der Waals surface area (Å²) in [6.07, 6.45) is 1.76. The van der Waals surface area contributed by atoms with Gasteiger partial charge >= 0.3 is 5.69 Å². The highest BCUT2D eigenvalue weighted by molar-refractivity contribution is 5.95. The van der Waals surface area contributed by atoms with Crippen molar-refractivity contribution in [3.8, 4) is 11.5 Å². The Morgan fingerprint density at radius 3 is 2.71 bits per heavy atom. The number of methoxy groups -OCH3 is 1. The van der Waals surface area contributed by atoms with E-state index in [0.717, 1.165) is 0 Å². The first kappa shape index (κ1) is 14.6. The quantitative estimate of drug-likeness (QED) is 0.462. The van der Waals surface area contributed by atoms with E-state index in [1.54, 1.807) is 29.9 Å². The van der Waals surface area contributed by atoms with Gasteiger partial charge in [-0.15, -0.1) is 0 Å². The van der Waals surface area contributed by atoms with Gasteiger partial charge in [0.1, 0.15) is 5.75 Å². The number of ether oxygens (including phenoxy) is 2. The standard InChI is InChI=1S/C14H14N2O5/c1-15-7-3-4-11(15)13(17)9-21-10-5-6-14(20-2)12(8-10)16(18)19/h3-8H,9H2,1-2H3. The van der Waals surface area contributed by atoms with Crippen molar-refractivity contribution in [2.45, 2.75) is 0 Å². The number of Topliss-reactive ketones (excluding diaryl/α,β-unsaturated/α-hetero) is 1. The van der Waals surface area contributed by atoms with Crippen LogP contribution in [0.5, 0.6) is 11.5 Å². The van der Waals surface area contributed by atoms with Crippen molar-refractivity contribution in [2.75, 3.05) is 13.7 Å². The monoisotopic (exact) mass is 290 g/mol. The molecule has 21 heavy (non-hydrogen) atoms. The van der Waals surface area contributed by atoms with Crippen molar-refractivity contribution in [3.63, 3.8) is 0 Å². The number of benzene rings is 1. The molecule has 0 spiro atoms. The van der Waals surface area contributed by atoms with Crippen LogP contribution in [0.4, 0.5) is 5.69 Å². The van der Waals surface area contributed by atoms with Crippen LogP contribution in [-0.4, -0.2) is 29.0 Å². The van der Waals surface area contributed by atoms with Crippen molar-refractivity contribution in [1.29, 1.82) is 0 Å². The minimum absolute atomic E-state index is 0.140. The Morgan fingerprint density at radius 2 is 2.14 bits per heavy atom. The molecule has 0 atom stereocenters. The van der Waals surface area contributed by atoms with Gasteiger partial charge in [-0.05, 0) is 24.3 Å². The molecular formula is C14H14N2O5. The van der Waals surface area contributed by atoms with Gasteiger partial charge in [-0.3, -0.25) is 14.9 Å². The summed E-state index contributed by atoms with van der Waals surface area (Å²) in [5.41, 5.74) is 0.305. The lowest BCUT2D eigenvalue weighted by molar-refractivity contribution is -0.385. The third kappa shape index (κ3) is 3.19. The zero-order valence-electron chi connectivity index (χ0n) is 11.6. The van der Waals surface area contributed by atoms with E-state index < -0.39 is 4.92 Å². The highest BCUT2D eigenvalue weighted by Crippen LogP contribution is 2.30. The number of aryl methyl sites for hydroxylation is 1. The van der Waals surface area contributed by atoms with Gasteiger partial charge in [0.15, 0.2) is 12.4 Å². The normalized spacial score (nSPS) is 10.2. The van der Waals surface area contributed by atoms with Crippen LogP contribution >= 0.6 is 0 Å². The predicted octanol–water partition coefficient (Wildman–Crippen LogP) is 2.20. The summed E-state index contributed by atoms with van der Waals surface area (Å²) in [5.74, 6) is 0.173. The molecule has 0 N–H and O–H groups in total. The van der Waals surface area contributed by atoms with Crippen LogP contribution < -0.4 is 9.47 Å². The third-order valence-corrected chi connectivity index (χ3v) is 2.95. The van der Waals surface area contributed by atoms with Gasteiger partial charge in [-0.1, -0.05) is 0 Å². The second kappa shape index (κ2) is 6.08. The molecule has 1 heterocycles. The number of rotatable bonds is 6. The molecule has 2 aromatic rings. The Labute approximate surface area is 120 Å². The zero-order chi connectivity index (χ0) is 15.4. The molecule has 1 aromatic carbocycles. The van der Waals surface area contributed by atoms with Crippen LogP contribution in [0.15, 0.2) is 36.5 Å². The number of aromatic nitrogens is 1. The number of carbonyl (C=O) groups excluding carboxylic acids is 1. The Balaban J connectivity index is 2.10. The van der Waals surface area contributed by atoms with Gasteiger partial charge in [0.05, 0.1) is 23.8 Å². The van der Waals surface area contributed by atoms with Gasteiger partial charge in [0.2, 0.25) is 5.78 Å². The number of carbonyl (C=O) groups is 1. The van der Waals surface area contributed by atoms with E-state index in [9.17, 15) is 14.9 Å². The van der Waals surface area contributed by atoms with E-state index >= 15 is 0 Å². The summed E-state index contributed by atoms with van der Waals surface area (Å²) in [6, 6.07) is 7.62. The Hall–Kier alpha value is -2.83. The lowest BCUT2D eigenvalue weighted by Crippen LogP contribution is -2.14. The summed E-state index contributed by atoms with van der Waals surface area (Å²) in [6.45, 7) is -0.193. The minimum atomic E-state index is -0.565. The van der Waals surface area contributed by atoms with E-state index in [4.69, 9.17) is 9.47 Å². The van der Waals surface area contributed by atoms with Crippen molar-refractivity contribution in [2.24, 2.45) is 7.05 Å². The Kier molecular flexibility index (Phi) is 4.22. The van der Waals surface area contributed by atoms with Gasteiger partial charge in [0, 0.05) is 13.2 Å². The molecule has 0 amide bonds. The second-order valence-electron chi connectivity index (χ2n) is 4.31. The summed E-state index contributed by atoms with van der Waals surface area (Å²) >= 11 is 0. The number of nitro groups is 1. The number of nitrogens with zero attached hydrogens (tertiary/aromatic N) is 2. The van der Waals surface area contributed by atoms with Crippen LogP contribution in [0.2, 0.25) is 0 Å². The van der Waals surface area contributed by atoms with E-state index in [-0.39, 0.29) is 29.6 Å². The van der Waals surface area contributed by atoms with Crippen LogP contribution in [0.1, 0.15) is 10.5 Å². The van der Waals surface area contributed by atoms with Crippen molar-refractivity contribution in [3.05, 3.63) is 52.3 Å². The largest absolute Gasteiger partial charge is 0.490 e. The highest BCUT2D eigenvalue weighted by Gasteiger charge is 2.17. The molecule has 7 nitrogen and oxygen atoms in total. The fourth-order valence-corrected chi connectivity index (χ4v) is 1.88. The number of hydrogen-bond acceptors (Lipinski definition) is 5.